The highest BCUT2D eigenvalue weighted by Crippen LogP contribution is 2.35. The summed E-state index contributed by atoms with van der Waals surface area (Å²) < 4.78 is 5.68. The van der Waals surface area contributed by atoms with E-state index in [0.29, 0.717) is 29.7 Å². The van der Waals surface area contributed by atoms with E-state index < -0.39 is 4.87 Å². The fourth-order valence-electron chi connectivity index (χ4n) is 1.67. The van der Waals surface area contributed by atoms with Crippen LogP contribution in [0, 0.1) is 0 Å². The largest absolute Gasteiger partial charge is 0.488 e. The van der Waals surface area contributed by atoms with Gasteiger partial charge in [0.2, 0.25) is 0 Å². The molecule has 2 rings (SSSR count). The zero-order valence-electron chi connectivity index (χ0n) is 9.70. The van der Waals surface area contributed by atoms with E-state index in [4.69, 9.17) is 39.5 Å². The highest BCUT2D eigenvalue weighted by atomic mass is 35.5. The molecule has 0 heterocycles. The first-order valence-corrected chi connectivity index (χ1v) is 6.91. The van der Waals surface area contributed by atoms with Gasteiger partial charge in [0.05, 0.1) is 9.91 Å². The van der Waals surface area contributed by atoms with Crippen LogP contribution in [-0.4, -0.2) is 10.8 Å². The number of hydrogen-bond acceptors (Lipinski definition) is 1. The summed E-state index contributed by atoms with van der Waals surface area (Å²) in [5, 5.41) is 0.615. The molecule has 4 heteroatoms. The Kier molecular flexibility index (Phi) is 4.60. The Hall–Kier alpha value is -0.630. The van der Waals surface area contributed by atoms with Crippen LogP contribution in [0.5, 0.6) is 0 Å². The molecule has 0 bridgehead atoms. The van der Waals surface area contributed by atoms with Gasteiger partial charge in [0.25, 0.3) is 0 Å². The van der Waals surface area contributed by atoms with E-state index >= 15 is 0 Å². The van der Waals surface area contributed by atoms with Crippen LogP contribution in [0.25, 0.3) is 0 Å². The summed E-state index contributed by atoms with van der Waals surface area (Å²) in [5.41, 5.74) is 1.10. The standard InChI is InChI=1S/C14H13Cl3O/c15-10-14(17)7-6-13(12(16)8-14)18-9-11-4-2-1-3-5-11/h1-7H,8-10H2. The van der Waals surface area contributed by atoms with E-state index in [1.165, 1.54) is 0 Å². The molecule has 1 unspecified atom stereocenters. The van der Waals surface area contributed by atoms with Gasteiger partial charge >= 0.3 is 0 Å². The van der Waals surface area contributed by atoms with Crippen molar-refractivity contribution in [2.45, 2.75) is 17.9 Å². The Morgan fingerprint density at radius 3 is 2.56 bits per heavy atom. The molecule has 1 aromatic rings. The molecule has 0 fully saturated rings. The van der Waals surface area contributed by atoms with Gasteiger partial charge in [0.15, 0.2) is 0 Å². The SMILES string of the molecule is ClCC1(Cl)C=CC(OCc2ccccc2)=C(Cl)C1. The lowest BCUT2D eigenvalue weighted by Gasteiger charge is -2.25. The first kappa shape index (κ1) is 13.8. The van der Waals surface area contributed by atoms with Crippen molar-refractivity contribution < 1.29 is 4.74 Å². The number of alkyl halides is 2. The van der Waals surface area contributed by atoms with Crippen molar-refractivity contribution in [2.75, 3.05) is 5.88 Å². The Labute approximate surface area is 122 Å². The fourth-order valence-corrected chi connectivity index (χ4v) is 2.48. The molecule has 1 aliphatic carbocycles. The van der Waals surface area contributed by atoms with Crippen LogP contribution in [0.1, 0.15) is 12.0 Å². The zero-order chi connectivity index (χ0) is 13.0. The molecule has 1 atom stereocenters. The van der Waals surface area contributed by atoms with Crippen molar-refractivity contribution in [1.29, 1.82) is 0 Å². The molecule has 0 aromatic heterocycles. The van der Waals surface area contributed by atoms with Crippen LogP contribution >= 0.6 is 34.8 Å². The number of allylic oxidation sites excluding steroid dienone is 3. The molecule has 18 heavy (non-hydrogen) atoms. The minimum atomic E-state index is -0.585. The Morgan fingerprint density at radius 2 is 1.94 bits per heavy atom. The van der Waals surface area contributed by atoms with Crippen LogP contribution in [0.15, 0.2) is 53.3 Å². The van der Waals surface area contributed by atoms with Crippen molar-refractivity contribution in [3.63, 3.8) is 0 Å². The average Bonchev–Trinajstić information content (AvgIpc) is 2.39. The normalized spacial score (nSPS) is 23.3. The summed E-state index contributed by atoms with van der Waals surface area (Å²) in [6.45, 7) is 0.493. The number of rotatable bonds is 4. The van der Waals surface area contributed by atoms with E-state index in [0.717, 1.165) is 5.56 Å². The molecule has 1 aliphatic rings. The van der Waals surface area contributed by atoms with Gasteiger partial charge in [-0.2, -0.15) is 0 Å². The minimum absolute atomic E-state index is 0.327. The van der Waals surface area contributed by atoms with E-state index in [1.807, 2.05) is 36.4 Å². The van der Waals surface area contributed by atoms with Crippen LogP contribution in [0.3, 0.4) is 0 Å². The van der Waals surface area contributed by atoms with Crippen LogP contribution in [-0.2, 0) is 11.3 Å². The van der Waals surface area contributed by atoms with Gasteiger partial charge in [0.1, 0.15) is 12.4 Å². The first-order valence-electron chi connectivity index (χ1n) is 5.62. The van der Waals surface area contributed by atoms with Crippen molar-refractivity contribution in [3.05, 3.63) is 58.8 Å². The van der Waals surface area contributed by atoms with Crippen molar-refractivity contribution in [3.8, 4) is 0 Å². The lowest BCUT2D eigenvalue weighted by atomic mass is 10.0. The van der Waals surface area contributed by atoms with Gasteiger partial charge in [-0.15, -0.1) is 23.2 Å². The van der Waals surface area contributed by atoms with Gasteiger partial charge < -0.3 is 4.74 Å². The van der Waals surface area contributed by atoms with Gasteiger partial charge in [-0.3, -0.25) is 0 Å². The third-order valence-corrected chi connectivity index (χ3v) is 4.04. The lowest BCUT2D eigenvalue weighted by molar-refractivity contribution is 0.207. The topological polar surface area (TPSA) is 9.23 Å². The van der Waals surface area contributed by atoms with Crippen molar-refractivity contribution in [1.82, 2.24) is 0 Å². The number of halogens is 3. The van der Waals surface area contributed by atoms with Gasteiger partial charge in [-0.1, -0.05) is 48.0 Å². The maximum atomic E-state index is 6.24. The Morgan fingerprint density at radius 1 is 1.22 bits per heavy atom. The maximum Gasteiger partial charge on any atom is 0.134 e. The van der Waals surface area contributed by atoms with E-state index in [1.54, 1.807) is 6.08 Å². The molecule has 0 radical (unpaired) electrons. The second-order valence-corrected chi connectivity index (χ2v) is 5.70. The quantitative estimate of drug-likeness (QED) is 0.724. The monoisotopic (exact) mass is 302 g/mol. The minimum Gasteiger partial charge on any atom is -0.488 e. The third kappa shape index (κ3) is 3.44. The molecule has 0 amide bonds. The van der Waals surface area contributed by atoms with Crippen LogP contribution in [0.4, 0.5) is 0 Å². The smallest absolute Gasteiger partial charge is 0.134 e. The summed E-state index contributed by atoms with van der Waals surface area (Å²) in [6.07, 6.45) is 4.14. The maximum absolute atomic E-state index is 6.24. The van der Waals surface area contributed by atoms with E-state index in [-0.39, 0.29) is 0 Å². The summed E-state index contributed by atoms with van der Waals surface area (Å²) in [4.78, 5) is -0.585. The molecule has 1 nitrogen and oxygen atoms in total. The molecule has 1 aromatic carbocycles. The molecule has 0 saturated carbocycles. The molecular weight excluding hydrogens is 291 g/mol. The summed E-state index contributed by atoms with van der Waals surface area (Å²) >= 11 is 18.2. The second-order valence-electron chi connectivity index (χ2n) is 4.22. The number of hydrogen-bond donors (Lipinski definition) is 0. The van der Waals surface area contributed by atoms with Crippen LogP contribution < -0.4 is 0 Å². The first-order chi connectivity index (χ1) is 8.63. The van der Waals surface area contributed by atoms with Crippen LogP contribution in [0.2, 0.25) is 0 Å². The van der Waals surface area contributed by atoms with Gasteiger partial charge in [0, 0.05) is 12.3 Å². The molecule has 0 saturated heterocycles. The van der Waals surface area contributed by atoms with Crippen molar-refractivity contribution in [2.24, 2.45) is 0 Å². The number of ether oxygens (including phenoxy) is 1. The fraction of sp³-hybridized carbons (Fsp3) is 0.286. The number of benzene rings is 1. The summed E-state index contributed by atoms with van der Waals surface area (Å²) in [7, 11) is 0. The second kappa shape index (κ2) is 6.01. The average molecular weight is 304 g/mol. The van der Waals surface area contributed by atoms with E-state index in [9.17, 15) is 0 Å². The molecule has 0 spiro atoms. The predicted octanol–water partition coefficient (Wildman–Crippen LogP) is 4.83. The molecule has 96 valence electrons. The van der Waals surface area contributed by atoms with Crippen molar-refractivity contribution >= 4 is 34.8 Å². The Balaban J connectivity index is 1.99. The highest BCUT2D eigenvalue weighted by molar-refractivity contribution is 6.35. The predicted molar refractivity (Wildman–Crippen MR) is 77.2 cm³/mol. The van der Waals surface area contributed by atoms with Gasteiger partial charge in [-0.25, -0.2) is 0 Å². The zero-order valence-corrected chi connectivity index (χ0v) is 12.0. The van der Waals surface area contributed by atoms with E-state index in [2.05, 4.69) is 0 Å². The Bertz CT molecular complexity index is 467. The molecule has 0 N–H and O–H groups in total. The molecule has 0 aliphatic heterocycles. The lowest BCUT2D eigenvalue weighted by Crippen LogP contribution is -2.23. The summed E-state index contributed by atoms with van der Waals surface area (Å²) in [6, 6.07) is 9.93. The van der Waals surface area contributed by atoms with Gasteiger partial charge in [-0.05, 0) is 11.6 Å². The summed E-state index contributed by atoms with van der Waals surface area (Å²) in [5.74, 6) is 0.995. The third-order valence-electron chi connectivity index (χ3n) is 2.71. The molecular formula is C14H13Cl3O. The highest BCUT2D eigenvalue weighted by Gasteiger charge is 2.29.